The van der Waals surface area contributed by atoms with Gasteiger partial charge in [0.15, 0.2) is 0 Å². The number of para-hydroxylation sites is 1. The number of H-pyrrole nitrogens is 2. The molecule has 7 rings (SSSR count). The van der Waals surface area contributed by atoms with Gasteiger partial charge in [0, 0.05) is 28.8 Å². The molecule has 0 fully saturated rings. The van der Waals surface area contributed by atoms with E-state index in [1.165, 1.54) is 16.9 Å². The number of fused-ring (bicyclic) bond motifs is 9. The van der Waals surface area contributed by atoms with Crippen LogP contribution in [0.15, 0.2) is 66.7 Å². The number of nitrogens with zero attached hydrogens (tertiary/aromatic N) is 3. The third-order valence-electron chi connectivity index (χ3n) is 6.32. The summed E-state index contributed by atoms with van der Waals surface area (Å²) in [6.45, 7) is 0.970. The van der Waals surface area contributed by atoms with Crippen LogP contribution in [0, 0.1) is 0 Å². The van der Waals surface area contributed by atoms with Crippen molar-refractivity contribution in [3.8, 4) is 0 Å². The average Bonchev–Trinajstić information content (AvgIpc) is 3.62. The number of nitrogens with one attached hydrogen (secondary N) is 2. The summed E-state index contributed by atoms with van der Waals surface area (Å²) in [5.41, 5.74) is 11.7. The molecule has 6 heterocycles. The van der Waals surface area contributed by atoms with Gasteiger partial charge in [0.05, 0.1) is 34.0 Å². The smallest absolute Gasteiger partial charge is 0.0671 e. The molecule has 4 aromatic rings. The van der Waals surface area contributed by atoms with E-state index >= 15 is 0 Å². The fourth-order valence-corrected chi connectivity index (χ4v) is 4.81. The van der Waals surface area contributed by atoms with Gasteiger partial charge in [0.25, 0.3) is 0 Å². The Morgan fingerprint density at radius 2 is 1.30 bits per heavy atom. The molecule has 0 aliphatic carbocycles. The van der Waals surface area contributed by atoms with Gasteiger partial charge in [-0.25, -0.2) is 9.97 Å². The van der Waals surface area contributed by atoms with Gasteiger partial charge in [-0.05, 0) is 84.8 Å². The molecule has 5 heteroatoms. The summed E-state index contributed by atoms with van der Waals surface area (Å²) in [7, 11) is 0. The van der Waals surface area contributed by atoms with Crippen molar-refractivity contribution in [1.82, 2.24) is 19.9 Å². The summed E-state index contributed by atoms with van der Waals surface area (Å²) in [6.07, 6.45) is 9.21. The zero-order chi connectivity index (χ0) is 21.8. The van der Waals surface area contributed by atoms with Gasteiger partial charge in [-0.2, -0.15) is 0 Å². The van der Waals surface area contributed by atoms with Crippen molar-refractivity contribution in [2.24, 2.45) is 0 Å². The van der Waals surface area contributed by atoms with Crippen molar-refractivity contribution in [1.29, 1.82) is 0 Å². The second kappa shape index (κ2) is 7.07. The van der Waals surface area contributed by atoms with Crippen molar-refractivity contribution in [3.63, 3.8) is 0 Å². The summed E-state index contributed by atoms with van der Waals surface area (Å²) in [5.74, 6) is 0. The molecule has 3 aliphatic heterocycles. The molecule has 2 N–H and O–H groups in total. The summed E-state index contributed by atoms with van der Waals surface area (Å²) >= 11 is 0. The Kier molecular flexibility index (Phi) is 3.90. The Labute approximate surface area is 190 Å². The molecule has 158 valence electrons. The molecule has 0 saturated carbocycles. The fourth-order valence-electron chi connectivity index (χ4n) is 4.81. The van der Waals surface area contributed by atoms with Crippen LogP contribution in [-0.2, 0) is 6.42 Å². The predicted octanol–water partition coefficient (Wildman–Crippen LogP) is 6.35. The molecule has 5 nitrogen and oxygen atoms in total. The normalized spacial score (nSPS) is 14.1. The first-order valence-corrected chi connectivity index (χ1v) is 11.2. The lowest BCUT2D eigenvalue weighted by Crippen LogP contribution is -2.12. The van der Waals surface area contributed by atoms with Crippen molar-refractivity contribution < 1.29 is 0 Å². The number of aromatic amines is 2. The van der Waals surface area contributed by atoms with Gasteiger partial charge >= 0.3 is 0 Å². The average molecular weight is 428 g/mol. The SMILES string of the molecule is C1=Cc2cc3ccc(cc4cc(N5CCc6ccccc65)c(cc5nc(cc1n2)C=C5)[nH]4)[nH]3. The van der Waals surface area contributed by atoms with Crippen LogP contribution in [0.1, 0.15) is 28.3 Å². The highest BCUT2D eigenvalue weighted by molar-refractivity contribution is 5.88. The van der Waals surface area contributed by atoms with E-state index in [1.54, 1.807) is 0 Å². The van der Waals surface area contributed by atoms with Crippen LogP contribution in [0.4, 0.5) is 11.4 Å². The molecule has 0 spiro atoms. The van der Waals surface area contributed by atoms with E-state index in [0.29, 0.717) is 0 Å². The molecule has 0 radical (unpaired) electrons. The number of anilines is 2. The number of aromatic nitrogens is 4. The Bertz CT molecular complexity index is 1630. The highest BCUT2D eigenvalue weighted by atomic mass is 15.2. The highest BCUT2D eigenvalue weighted by Gasteiger charge is 2.21. The quantitative estimate of drug-likeness (QED) is 0.321. The largest absolute Gasteiger partial charge is 0.355 e. The summed E-state index contributed by atoms with van der Waals surface area (Å²) in [5, 5.41) is 0. The van der Waals surface area contributed by atoms with E-state index in [0.717, 1.165) is 57.8 Å². The summed E-state index contributed by atoms with van der Waals surface area (Å²) < 4.78 is 0. The molecule has 0 unspecified atom stereocenters. The van der Waals surface area contributed by atoms with Crippen molar-refractivity contribution in [2.45, 2.75) is 6.42 Å². The van der Waals surface area contributed by atoms with Crippen LogP contribution in [0.25, 0.3) is 46.4 Å². The molecular formula is C28H21N5. The van der Waals surface area contributed by atoms with E-state index in [2.05, 4.69) is 81.6 Å². The third-order valence-corrected chi connectivity index (χ3v) is 6.32. The van der Waals surface area contributed by atoms with Crippen LogP contribution < -0.4 is 4.90 Å². The third kappa shape index (κ3) is 3.26. The fraction of sp³-hybridized carbons (Fsp3) is 0.0714. The zero-order valence-electron chi connectivity index (χ0n) is 17.9. The molecule has 8 bridgehead atoms. The highest BCUT2D eigenvalue weighted by Crippen LogP contribution is 2.37. The molecule has 3 aliphatic rings. The minimum absolute atomic E-state index is 0.909. The van der Waals surface area contributed by atoms with Crippen LogP contribution in [0.2, 0.25) is 0 Å². The maximum Gasteiger partial charge on any atom is 0.0671 e. The topological polar surface area (TPSA) is 60.6 Å². The van der Waals surface area contributed by atoms with Crippen molar-refractivity contribution >= 4 is 57.7 Å². The standard InChI is InChI=1S/C28H21N5/c1-2-4-27-18(3-1)11-12-33(27)28-17-25-15-23-8-7-21(30-23)13-19-5-6-20(29-19)14-22-9-10-24(31-22)16-26(28)32-25/h1-10,13-17,30,32H,11-12H2. The van der Waals surface area contributed by atoms with Crippen LogP contribution in [0.5, 0.6) is 0 Å². The summed E-state index contributed by atoms with van der Waals surface area (Å²) in [4.78, 5) is 19.0. The van der Waals surface area contributed by atoms with E-state index in [9.17, 15) is 0 Å². The predicted molar refractivity (Wildman–Crippen MR) is 136 cm³/mol. The Balaban J connectivity index is 1.50. The number of benzene rings is 1. The van der Waals surface area contributed by atoms with E-state index in [4.69, 9.17) is 9.97 Å². The first kappa shape index (κ1) is 18.2. The zero-order valence-corrected chi connectivity index (χ0v) is 17.9. The first-order valence-electron chi connectivity index (χ1n) is 11.2. The maximum absolute atomic E-state index is 4.81. The number of hydrogen-bond donors (Lipinski definition) is 2. The van der Waals surface area contributed by atoms with Gasteiger partial charge < -0.3 is 14.9 Å². The molecule has 1 aromatic carbocycles. The first-order chi connectivity index (χ1) is 16.3. The number of hydrogen-bond acceptors (Lipinski definition) is 3. The second-order valence-corrected chi connectivity index (χ2v) is 8.59. The minimum Gasteiger partial charge on any atom is -0.355 e. The lowest BCUT2D eigenvalue weighted by Gasteiger charge is -2.18. The molecule has 0 saturated heterocycles. The minimum atomic E-state index is 0.909. The lowest BCUT2D eigenvalue weighted by molar-refractivity contribution is 1.00. The van der Waals surface area contributed by atoms with Crippen LogP contribution in [-0.4, -0.2) is 26.5 Å². The van der Waals surface area contributed by atoms with Gasteiger partial charge in [-0.1, -0.05) is 18.2 Å². The van der Waals surface area contributed by atoms with E-state index in [-0.39, 0.29) is 0 Å². The van der Waals surface area contributed by atoms with Gasteiger partial charge in [0.2, 0.25) is 0 Å². The Hall–Kier alpha value is -4.38. The van der Waals surface area contributed by atoms with E-state index in [1.807, 2.05) is 24.3 Å². The van der Waals surface area contributed by atoms with Crippen LogP contribution in [0.3, 0.4) is 0 Å². The van der Waals surface area contributed by atoms with Crippen molar-refractivity contribution in [3.05, 3.63) is 95.1 Å². The van der Waals surface area contributed by atoms with Gasteiger partial charge in [0.1, 0.15) is 0 Å². The molecule has 3 aromatic heterocycles. The summed E-state index contributed by atoms with van der Waals surface area (Å²) in [6, 6.07) is 23.4. The van der Waals surface area contributed by atoms with Gasteiger partial charge in [-0.15, -0.1) is 0 Å². The van der Waals surface area contributed by atoms with Crippen molar-refractivity contribution in [2.75, 3.05) is 11.4 Å². The van der Waals surface area contributed by atoms with Gasteiger partial charge in [-0.3, -0.25) is 0 Å². The second-order valence-electron chi connectivity index (χ2n) is 8.59. The number of rotatable bonds is 1. The molecular weight excluding hydrogens is 406 g/mol. The lowest BCUT2D eigenvalue weighted by atomic mass is 10.2. The molecule has 0 atom stereocenters. The monoisotopic (exact) mass is 427 g/mol. The molecule has 33 heavy (non-hydrogen) atoms. The van der Waals surface area contributed by atoms with E-state index < -0.39 is 0 Å². The maximum atomic E-state index is 4.81. The Morgan fingerprint density at radius 3 is 2.12 bits per heavy atom. The Morgan fingerprint density at radius 1 is 0.606 bits per heavy atom. The van der Waals surface area contributed by atoms with Crippen LogP contribution >= 0.6 is 0 Å². The molecule has 0 amide bonds.